The van der Waals surface area contributed by atoms with Crippen LogP contribution in [0.5, 0.6) is 23.0 Å². The van der Waals surface area contributed by atoms with E-state index in [1.807, 2.05) is 72.8 Å². The molecule has 0 atom stereocenters. The maximum absolute atomic E-state index is 10.7. The van der Waals surface area contributed by atoms with Crippen LogP contribution >= 0.6 is 31.2 Å². The van der Waals surface area contributed by atoms with Crippen molar-refractivity contribution in [1.29, 1.82) is 0 Å². The Bertz CT molecular complexity index is 4080. The molecular formula is C72H76F24N4O10P4. The van der Waals surface area contributed by atoms with Gasteiger partial charge in [-0.1, -0.05) is 97.1 Å². The van der Waals surface area contributed by atoms with Crippen LogP contribution in [0.25, 0.3) is 43.8 Å². The first-order valence-electron chi connectivity index (χ1n) is 33.8. The average molecular weight is 1740 g/mol. The van der Waals surface area contributed by atoms with Gasteiger partial charge >= 0.3 is 132 Å². The molecular weight excluding hydrogens is 1660 g/mol. The van der Waals surface area contributed by atoms with Crippen LogP contribution in [0, 0.1) is 0 Å². The molecule has 4 aromatic heterocycles. The summed E-state index contributed by atoms with van der Waals surface area (Å²) in [5.74, 6) is 3.15. The molecule has 0 aliphatic carbocycles. The van der Waals surface area contributed by atoms with E-state index in [0.29, 0.717) is 106 Å². The maximum atomic E-state index is 9.87. The number of nitrogens with zero attached hydrogens (tertiary/aromatic N) is 4. The largest absolute Gasteiger partial charge is 0.491 e. The fraction of sp³-hybridized carbons (Fsp3) is 0.278. The Balaban J connectivity index is 0.000000237. The van der Waals surface area contributed by atoms with Gasteiger partial charge in [0.25, 0.3) is 0 Å². The summed E-state index contributed by atoms with van der Waals surface area (Å²) in [5.41, 5.74) is 10.1. The summed E-state index contributed by atoms with van der Waals surface area (Å²) < 4.78 is 304. The fourth-order valence-corrected chi connectivity index (χ4v) is 10.3. The number of halogens is 24. The second-order valence-corrected chi connectivity index (χ2v) is 32.5. The molecule has 6 aromatic carbocycles. The Hall–Kier alpha value is -8.56. The van der Waals surface area contributed by atoms with E-state index in [-0.39, 0.29) is 0 Å². The molecule has 0 amide bonds. The zero-order valence-corrected chi connectivity index (χ0v) is 63.2. The van der Waals surface area contributed by atoms with E-state index in [1.165, 1.54) is 44.5 Å². The van der Waals surface area contributed by atoms with Crippen LogP contribution in [0.3, 0.4) is 0 Å². The number of ether oxygens (including phenoxy) is 10. The van der Waals surface area contributed by atoms with E-state index in [9.17, 15) is 101 Å². The van der Waals surface area contributed by atoms with Crippen molar-refractivity contribution in [1.82, 2.24) is 0 Å². The molecule has 14 nitrogen and oxygen atoms in total. The van der Waals surface area contributed by atoms with Gasteiger partial charge in [0, 0.05) is 92.3 Å². The minimum atomic E-state index is -10.7. The SMILES string of the molecule is F[P-](F)(F)(F)(F)F.F[P-](F)(F)(F)(F)F.F[P-](F)(F)(F)(F)F.F[P-](F)(F)(F)(F)F.c1cc2c3cccc(c3c1)OCCOCCOCCOCCOc1cccc3c(cccc13)OCCOCCOCCOCCO2.c1cc2ccc1C[n+]1ccc(cc1)-c1cc[n+](cc1)Cc1ccc(cc1)C[n+]1ccc(cc1)-c1cc[n+](cc1)C2. The number of rotatable bonds is 0. The summed E-state index contributed by atoms with van der Waals surface area (Å²) in [6.07, 6.45) is 17.4. The first-order chi connectivity index (χ1) is 52.4. The van der Waals surface area contributed by atoms with Crippen molar-refractivity contribution in [3.63, 3.8) is 0 Å². The van der Waals surface area contributed by atoms with E-state index in [0.717, 1.165) is 70.7 Å². The normalized spacial score (nSPS) is 17.4. The second-order valence-electron chi connectivity index (χ2n) is 24.8. The third-order valence-corrected chi connectivity index (χ3v) is 14.9. The molecule has 0 N–H and O–H groups in total. The molecule has 20 bridgehead atoms. The van der Waals surface area contributed by atoms with Gasteiger partial charge in [0.1, 0.15) is 49.4 Å². The molecule has 17 aliphatic rings. The minimum absolute atomic E-state index is 0.431. The Labute approximate surface area is 635 Å². The van der Waals surface area contributed by atoms with Gasteiger partial charge in [0.15, 0.2) is 75.8 Å². The number of pyridine rings is 4. The van der Waals surface area contributed by atoms with E-state index in [2.05, 4.69) is 165 Å². The van der Waals surface area contributed by atoms with E-state index in [4.69, 9.17) is 47.4 Å². The van der Waals surface area contributed by atoms with Crippen molar-refractivity contribution >= 4 is 52.8 Å². The van der Waals surface area contributed by atoms with Crippen LogP contribution < -0.4 is 37.2 Å². The molecule has 42 heteroatoms. The van der Waals surface area contributed by atoms with Gasteiger partial charge in [-0.15, -0.1) is 0 Å². The third kappa shape index (κ3) is 44.9. The average Bonchev–Trinajstić information content (AvgIpc) is 0.795. The second kappa shape index (κ2) is 35.5. The van der Waals surface area contributed by atoms with Gasteiger partial charge in [0.05, 0.1) is 79.3 Å². The van der Waals surface area contributed by atoms with Crippen molar-refractivity contribution in [2.45, 2.75) is 26.2 Å². The summed E-state index contributed by atoms with van der Waals surface area (Å²) in [6.45, 7) is 10.8. The Morgan fingerprint density at radius 2 is 0.325 bits per heavy atom. The molecule has 0 saturated carbocycles. The van der Waals surface area contributed by atoms with E-state index < -0.39 is 31.2 Å². The molecule has 114 heavy (non-hydrogen) atoms. The monoisotopic (exact) mass is 1740 g/mol. The molecule has 0 unspecified atom stereocenters. The predicted octanol–water partition coefficient (Wildman–Crippen LogP) is 23.5. The Morgan fingerprint density at radius 1 is 0.184 bits per heavy atom. The summed E-state index contributed by atoms with van der Waals surface area (Å²) in [6, 6.07) is 59.3. The number of hydrogen-bond acceptors (Lipinski definition) is 10. The third-order valence-electron chi connectivity index (χ3n) is 14.9. The first kappa shape index (κ1) is 92.6. The van der Waals surface area contributed by atoms with Crippen LogP contribution in [-0.2, 0) is 54.6 Å². The zero-order valence-electron chi connectivity index (χ0n) is 59.7. The number of benzene rings is 6. The summed E-state index contributed by atoms with van der Waals surface area (Å²) >= 11 is 0. The molecule has 0 saturated heterocycles. The van der Waals surface area contributed by atoms with Crippen molar-refractivity contribution in [3.05, 3.63) is 242 Å². The molecule has 27 rings (SSSR count). The molecule has 0 radical (unpaired) electrons. The standard InChI is InChI=1S/C36H32N4.C36H44O10.4F6P/c1-2-30-4-3-29(1)25-37-17-9-33(10-18-37)35-13-21-39(22-14-35)27-31-5-7-32(8-6-31)28-40-23-15-36(16-24-40)34-11-19-38(26-30)20-12-34;1-5-29-30-6-2-10-34(29)44-26-22-40-18-14-38-16-20-42-24-28-46-36-12-4-7-31-32(36)8-3-11-35(31)45-27-23-41-19-15-37-13-17-39-21-25-43-33(30)9-1;4*1-7(2,3,4,5)6/h1-24H,25-28H2;1-12H,13-28H2;;;;/q+4;;4*-1. The predicted molar refractivity (Wildman–Crippen MR) is 383 cm³/mol. The van der Waals surface area contributed by atoms with Gasteiger partial charge in [-0.3, -0.25) is 0 Å². The Kier molecular flexibility index (Phi) is 28.8. The van der Waals surface area contributed by atoms with Gasteiger partial charge in [-0.2, -0.15) is 0 Å². The van der Waals surface area contributed by atoms with Crippen LogP contribution in [0.2, 0.25) is 0 Å². The molecule has 17 aliphatic heterocycles. The topological polar surface area (TPSA) is 108 Å². The van der Waals surface area contributed by atoms with Gasteiger partial charge < -0.3 is 47.4 Å². The summed E-state index contributed by atoms with van der Waals surface area (Å²) in [7, 11) is -42.6. The molecule has 632 valence electrons. The quantitative estimate of drug-likeness (QED) is 0.0827. The van der Waals surface area contributed by atoms with Crippen molar-refractivity contribution in [3.8, 4) is 45.3 Å². The molecule has 0 spiro atoms. The van der Waals surface area contributed by atoms with Gasteiger partial charge in [-0.05, 0) is 46.5 Å². The molecule has 0 fully saturated rings. The van der Waals surface area contributed by atoms with Gasteiger partial charge in [-0.25, -0.2) is 18.3 Å². The Morgan fingerprint density at radius 3 is 0.474 bits per heavy atom. The number of hydrogen-bond donors (Lipinski definition) is 0. The minimum Gasteiger partial charge on any atom is -0.491 e. The summed E-state index contributed by atoms with van der Waals surface area (Å²) in [5, 5.41) is 3.94. The number of aromatic nitrogens is 4. The van der Waals surface area contributed by atoms with Crippen molar-refractivity contribution in [2.75, 3.05) is 106 Å². The zero-order chi connectivity index (χ0) is 83.8. The van der Waals surface area contributed by atoms with E-state index >= 15 is 0 Å². The molecule has 21 heterocycles. The summed E-state index contributed by atoms with van der Waals surface area (Å²) in [4.78, 5) is 0. The van der Waals surface area contributed by atoms with E-state index in [1.54, 1.807) is 0 Å². The van der Waals surface area contributed by atoms with Crippen molar-refractivity contribution < 1.29 is 166 Å². The first-order valence-corrected chi connectivity index (χ1v) is 41.9. The van der Waals surface area contributed by atoms with Crippen LogP contribution in [0.15, 0.2) is 219 Å². The van der Waals surface area contributed by atoms with Crippen LogP contribution in [0.1, 0.15) is 22.3 Å². The van der Waals surface area contributed by atoms with Crippen LogP contribution in [0.4, 0.5) is 101 Å². The van der Waals surface area contributed by atoms with Crippen LogP contribution in [-0.4, -0.2) is 106 Å². The van der Waals surface area contributed by atoms with Gasteiger partial charge in [0.2, 0.25) is 0 Å². The smallest absolute Gasteiger partial charge is 0.173 e. The maximum Gasteiger partial charge on any atom is 0.173 e. The molecule has 10 aromatic rings. The van der Waals surface area contributed by atoms with Crippen molar-refractivity contribution in [2.24, 2.45) is 0 Å². The fourth-order valence-electron chi connectivity index (χ4n) is 10.3.